The monoisotopic (exact) mass is 265 g/mol. The summed E-state index contributed by atoms with van der Waals surface area (Å²) in [5, 5.41) is 3.33. The van der Waals surface area contributed by atoms with Gasteiger partial charge in [0.25, 0.3) is 0 Å². The van der Waals surface area contributed by atoms with Crippen molar-refractivity contribution in [2.75, 3.05) is 27.3 Å². The van der Waals surface area contributed by atoms with Crippen LogP contribution in [-0.2, 0) is 11.2 Å². The van der Waals surface area contributed by atoms with Gasteiger partial charge in [-0.25, -0.2) is 0 Å². The number of hydrogen-bond acceptors (Lipinski definition) is 4. The van der Waals surface area contributed by atoms with E-state index in [0.717, 1.165) is 43.0 Å². The molecule has 0 aliphatic heterocycles. The van der Waals surface area contributed by atoms with Gasteiger partial charge in [0.2, 0.25) is 0 Å². The molecule has 0 saturated carbocycles. The zero-order chi connectivity index (χ0) is 14.1. The number of nitrogens with one attached hydrogen (secondary N) is 1. The van der Waals surface area contributed by atoms with Crippen LogP contribution in [0, 0.1) is 0 Å². The van der Waals surface area contributed by atoms with Crippen LogP contribution in [0.3, 0.4) is 0 Å². The first kappa shape index (κ1) is 15.5. The third-order valence-corrected chi connectivity index (χ3v) is 2.95. The maximum absolute atomic E-state index is 10.8. The van der Waals surface area contributed by atoms with Crippen molar-refractivity contribution in [1.82, 2.24) is 5.32 Å². The molecule has 1 aromatic carbocycles. The molecule has 0 fully saturated rings. The molecule has 0 aromatic heterocycles. The first-order valence-electron chi connectivity index (χ1n) is 6.58. The summed E-state index contributed by atoms with van der Waals surface area (Å²) in [5.41, 5.74) is 1.15. The van der Waals surface area contributed by atoms with Crippen LogP contribution in [-0.4, -0.2) is 33.1 Å². The molecule has 0 bridgehead atoms. The molecular weight excluding hydrogens is 242 g/mol. The number of hydrogen-bond donors (Lipinski definition) is 1. The Morgan fingerprint density at radius 2 is 2.00 bits per heavy atom. The summed E-state index contributed by atoms with van der Waals surface area (Å²) in [4.78, 5) is 10.8. The second kappa shape index (κ2) is 8.53. The largest absolute Gasteiger partial charge is 0.497 e. The van der Waals surface area contributed by atoms with E-state index in [4.69, 9.17) is 9.47 Å². The molecule has 0 spiro atoms. The predicted molar refractivity (Wildman–Crippen MR) is 76.0 cm³/mol. The van der Waals surface area contributed by atoms with Crippen molar-refractivity contribution >= 4 is 5.78 Å². The SMILES string of the molecule is COc1ccc(CCNCCCC(C)=O)c(OC)c1. The van der Waals surface area contributed by atoms with E-state index in [-0.39, 0.29) is 5.78 Å². The highest BCUT2D eigenvalue weighted by Crippen LogP contribution is 2.24. The van der Waals surface area contributed by atoms with Crippen LogP contribution in [0.25, 0.3) is 0 Å². The minimum atomic E-state index is 0.249. The highest BCUT2D eigenvalue weighted by Gasteiger charge is 2.04. The fourth-order valence-corrected chi connectivity index (χ4v) is 1.87. The van der Waals surface area contributed by atoms with E-state index in [9.17, 15) is 4.79 Å². The summed E-state index contributed by atoms with van der Waals surface area (Å²) in [6, 6.07) is 5.85. The quantitative estimate of drug-likeness (QED) is 0.695. The number of rotatable bonds is 9. The first-order chi connectivity index (χ1) is 9.17. The zero-order valence-corrected chi connectivity index (χ0v) is 12.0. The molecule has 0 aliphatic rings. The Morgan fingerprint density at radius 3 is 2.63 bits per heavy atom. The average Bonchev–Trinajstić information content (AvgIpc) is 2.42. The molecule has 0 unspecified atom stereocenters. The van der Waals surface area contributed by atoms with Gasteiger partial charge in [0.15, 0.2) is 0 Å². The molecule has 0 saturated heterocycles. The van der Waals surface area contributed by atoms with Crippen LogP contribution in [0.15, 0.2) is 18.2 Å². The van der Waals surface area contributed by atoms with E-state index < -0.39 is 0 Å². The summed E-state index contributed by atoms with van der Waals surface area (Å²) in [6.45, 7) is 3.38. The topological polar surface area (TPSA) is 47.6 Å². The van der Waals surface area contributed by atoms with Crippen molar-refractivity contribution < 1.29 is 14.3 Å². The molecule has 0 atom stereocenters. The Bertz CT molecular complexity index is 404. The highest BCUT2D eigenvalue weighted by molar-refractivity contribution is 5.75. The normalized spacial score (nSPS) is 10.3. The fourth-order valence-electron chi connectivity index (χ4n) is 1.87. The molecule has 1 rings (SSSR count). The van der Waals surface area contributed by atoms with Gasteiger partial charge in [-0.05, 0) is 44.5 Å². The van der Waals surface area contributed by atoms with Gasteiger partial charge in [-0.1, -0.05) is 6.07 Å². The molecule has 0 heterocycles. The molecule has 4 nitrogen and oxygen atoms in total. The predicted octanol–water partition coefficient (Wildman–Crippen LogP) is 2.21. The average molecular weight is 265 g/mol. The Hall–Kier alpha value is -1.55. The van der Waals surface area contributed by atoms with Crippen molar-refractivity contribution in [3.05, 3.63) is 23.8 Å². The molecule has 0 aliphatic carbocycles. The second-order valence-electron chi connectivity index (χ2n) is 4.48. The maximum Gasteiger partial charge on any atom is 0.129 e. The standard InChI is InChI=1S/C15H23NO3/c1-12(17)5-4-9-16-10-8-13-6-7-14(18-2)11-15(13)19-3/h6-7,11,16H,4-5,8-10H2,1-3H3. The number of benzene rings is 1. The smallest absolute Gasteiger partial charge is 0.129 e. The maximum atomic E-state index is 10.8. The van der Waals surface area contributed by atoms with Crippen molar-refractivity contribution in [2.24, 2.45) is 0 Å². The van der Waals surface area contributed by atoms with Gasteiger partial charge in [-0.15, -0.1) is 0 Å². The van der Waals surface area contributed by atoms with Crippen LogP contribution in [0.4, 0.5) is 0 Å². The highest BCUT2D eigenvalue weighted by atomic mass is 16.5. The summed E-state index contributed by atoms with van der Waals surface area (Å²) >= 11 is 0. The van der Waals surface area contributed by atoms with Gasteiger partial charge in [0, 0.05) is 12.5 Å². The summed E-state index contributed by atoms with van der Waals surface area (Å²) in [7, 11) is 3.31. The summed E-state index contributed by atoms with van der Waals surface area (Å²) < 4.78 is 10.5. The van der Waals surface area contributed by atoms with Gasteiger partial charge in [0.05, 0.1) is 14.2 Å². The molecule has 106 valence electrons. The molecule has 0 radical (unpaired) electrons. The third-order valence-electron chi connectivity index (χ3n) is 2.95. The number of Topliss-reactive ketones (excluding diaryl/α,β-unsaturated/α-hetero) is 1. The van der Waals surface area contributed by atoms with Crippen LogP contribution in [0.2, 0.25) is 0 Å². The number of ether oxygens (including phenoxy) is 2. The first-order valence-corrected chi connectivity index (χ1v) is 6.58. The van der Waals surface area contributed by atoms with Crippen molar-refractivity contribution in [3.8, 4) is 11.5 Å². The van der Waals surface area contributed by atoms with E-state index in [1.54, 1.807) is 21.1 Å². The van der Waals surface area contributed by atoms with E-state index in [1.807, 2.05) is 18.2 Å². The number of carbonyl (C=O) groups is 1. The van der Waals surface area contributed by atoms with Gasteiger partial charge in [0.1, 0.15) is 17.3 Å². The van der Waals surface area contributed by atoms with Crippen LogP contribution in [0.1, 0.15) is 25.3 Å². The second-order valence-corrected chi connectivity index (χ2v) is 4.48. The molecule has 0 amide bonds. The van der Waals surface area contributed by atoms with Gasteiger partial charge in [-0.3, -0.25) is 0 Å². The van der Waals surface area contributed by atoms with Crippen LogP contribution < -0.4 is 14.8 Å². The van der Waals surface area contributed by atoms with Crippen molar-refractivity contribution in [3.63, 3.8) is 0 Å². The van der Waals surface area contributed by atoms with Crippen LogP contribution >= 0.6 is 0 Å². The molecule has 1 N–H and O–H groups in total. The number of ketones is 1. The van der Waals surface area contributed by atoms with Gasteiger partial charge >= 0.3 is 0 Å². The Kier molecular flexibility index (Phi) is 6.97. The lowest BCUT2D eigenvalue weighted by Gasteiger charge is -2.10. The lowest BCUT2D eigenvalue weighted by molar-refractivity contribution is -0.117. The minimum Gasteiger partial charge on any atom is -0.497 e. The molecule has 4 heteroatoms. The Labute approximate surface area is 115 Å². The van der Waals surface area contributed by atoms with E-state index in [0.29, 0.717) is 6.42 Å². The van der Waals surface area contributed by atoms with Crippen LogP contribution in [0.5, 0.6) is 11.5 Å². The molecular formula is C15H23NO3. The van der Waals surface area contributed by atoms with E-state index in [1.165, 1.54) is 0 Å². The lowest BCUT2D eigenvalue weighted by Crippen LogP contribution is -2.19. The summed E-state index contributed by atoms with van der Waals surface area (Å²) in [5.74, 6) is 1.90. The molecule has 19 heavy (non-hydrogen) atoms. The number of carbonyl (C=O) groups excluding carboxylic acids is 1. The van der Waals surface area contributed by atoms with E-state index >= 15 is 0 Å². The Morgan fingerprint density at radius 1 is 1.21 bits per heavy atom. The Balaban J connectivity index is 2.34. The van der Waals surface area contributed by atoms with Crippen molar-refractivity contribution in [2.45, 2.75) is 26.2 Å². The van der Waals surface area contributed by atoms with Crippen molar-refractivity contribution in [1.29, 1.82) is 0 Å². The summed E-state index contributed by atoms with van der Waals surface area (Å²) in [6.07, 6.45) is 2.45. The third kappa shape index (κ3) is 5.75. The molecule has 1 aromatic rings. The lowest BCUT2D eigenvalue weighted by atomic mass is 10.1. The zero-order valence-electron chi connectivity index (χ0n) is 12.0. The van der Waals surface area contributed by atoms with Gasteiger partial charge < -0.3 is 19.6 Å². The van der Waals surface area contributed by atoms with E-state index in [2.05, 4.69) is 5.32 Å². The van der Waals surface area contributed by atoms with Gasteiger partial charge in [-0.2, -0.15) is 0 Å². The number of methoxy groups -OCH3 is 2. The fraction of sp³-hybridized carbons (Fsp3) is 0.533. The minimum absolute atomic E-state index is 0.249.